The van der Waals surface area contributed by atoms with E-state index in [2.05, 4.69) is 4.90 Å². The zero-order valence-electron chi connectivity index (χ0n) is 18.6. The molecule has 1 saturated heterocycles. The van der Waals surface area contributed by atoms with Crippen molar-refractivity contribution in [1.29, 1.82) is 0 Å². The molecule has 35 heavy (non-hydrogen) atoms. The molecule has 1 fully saturated rings. The van der Waals surface area contributed by atoms with Gasteiger partial charge in [0.15, 0.2) is 5.82 Å². The highest BCUT2D eigenvalue weighted by Crippen LogP contribution is 2.34. The van der Waals surface area contributed by atoms with E-state index in [1.165, 1.54) is 16.4 Å². The van der Waals surface area contributed by atoms with Gasteiger partial charge in [0.25, 0.3) is 5.69 Å². The SMILES string of the molecule is O=[N+]([O-])c1cc(S(=O)(=O)N2CCc3nc(-c4ccccc4)nc(N4CCOCC4)c3C2)ccc1Cl. The molecule has 2 aliphatic rings. The normalized spacial score (nSPS) is 16.7. The third-order valence-corrected chi connectivity index (χ3v) is 8.26. The van der Waals surface area contributed by atoms with E-state index in [1.807, 2.05) is 30.3 Å². The molecule has 10 nitrogen and oxygen atoms in total. The molecule has 0 unspecified atom stereocenters. The molecule has 0 amide bonds. The minimum atomic E-state index is -4.02. The highest BCUT2D eigenvalue weighted by Gasteiger charge is 2.34. The Labute approximate surface area is 207 Å². The van der Waals surface area contributed by atoms with Crippen molar-refractivity contribution in [2.45, 2.75) is 17.9 Å². The van der Waals surface area contributed by atoms with Crippen LogP contribution in [0.25, 0.3) is 11.4 Å². The lowest BCUT2D eigenvalue weighted by Crippen LogP contribution is -2.41. The van der Waals surface area contributed by atoms with Crippen molar-refractivity contribution >= 4 is 33.1 Å². The van der Waals surface area contributed by atoms with Crippen LogP contribution < -0.4 is 4.90 Å². The fourth-order valence-electron chi connectivity index (χ4n) is 4.27. The minimum Gasteiger partial charge on any atom is -0.378 e. The molecule has 3 aromatic rings. The molecule has 0 radical (unpaired) electrons. The number of rotatable bonds is 5. The number of ether oxygens (including phenoxy) is 1. The summed E-state index contributed by atoms with van der Waals surface area (Å²) in [5, 5.41) is 11.2. The molecule has 5 rings (SSSR count). The van der Waals surface area contributed by atoms with Gasteiger partial charge in [-0.3, -0.25) is 10.1 Å². The van der Waals surface area contributed by atoms with Gasteiger partial charge in [-0.15, -0.1) is 0 Å². The lowest BCUT2D eigenvalue weighted by molar-refractivity contribution is -0.384. The highest BCUT2D eigenvalue weighted by atomic mass is 35.5. The van der Waals surface area contributed by atoms with E-state index in [1.54, 1.807) is 0 Å². The number of nitro groups is 1. The van der Waals surface area contributed by atoms with Crippen molar-refractivity contribution in [2.75, 3.05) is 37.7 Å². The maximum absolute atomic E-state index is 13.4. The number of aromatic nitrogens is 2. The van der Waals surface area contributed by atoms with Gasteiger partial charge < -0.3 is 9.64 Å². The number of morpholine rings is 1. The molecule has 2 aliphatic heterocycles. The van der Waals surface area contributed by atoms with Crippen LogP contribution in [-0.2, 0) is 27.7 Å². The van der Waals surface area contributed by atoms with Crippen molar-refractivity contribution in [1.82, 2.24) is 14.3 Å². The average Bonchev–Trinajstić information content (AvgIpc) is 2.88. The standard InChI is InChI=1S/C23H22ClN5O5S/c24-19-7-6-17(14-21(19)29(30)31)35(32,33)28-9-8-20-18(15-28)23(27-10-12-34-13-11-27)26-22(25-20)16-4-2-1-3-5-16/h1-7,14H,8-13,15H2. The second-order valence-corrected chi connectivity index (χ2v) is 10.6. The van der Waals surface area contributed by atoms with Gasteiger partial charge in [0.2, 0.25) is 10.0 Å². The fraction of sp³-hybridized carbons (Fsp3) is 0.304. The number of halogens is 1. The fourth-order valence-corrected chi connectivity index (χ4v) is 5.89. The summed E-state index contributed by atoms with van der Waals surface area (Å²) >= 11 is 5.88. The van der Waals surface area contributed by atoms with Crippen LogP contribution in [0.2, 0.25) is 5.02 Å². The quantitative estimate of drug-likeness (QED) is 0.375. The number of sulfonamides is 1. The Kier molecular flexibility index (Phi) is 6.41. The first-order valence-electron chi connectivity index (χ1n) is 11.1. The van der Waals surface area contributed by atoms with Crippen molar-refractivity contribution in [2.24, 2.45) is 0 Å². The monoisotopic (exact) mass is 515 g/mol. The van der Waals surface area contributed by atoms with Crippen LogP contribution in [0.1, 0.15) is 11.3 Å². The number of hydrogen-bond acceptors (Lipinski definition) is 8. The summed E-state index contributed by atoms with van der Waals surface area (Å²) in [6.07, 6.45) is 0.393. The second-order valence-electron chi connectivity index (χ2n) is 8.22. The molecule has 0 aliphatic carbocycles. The van der Waals surface area contributed by atoms with Crippen LogP contribution in [0.5, 0.6) is 0 Å². The number of anilines is 1. The Morgan fingerprint density at radius 1 is 1.03 bits per heavy atom. The van der Waals surface area contributed by atoms with Gasteiger partial charge in [0, 0.05) is 49.8 Å². The molecular formula is C23H22ClN5O5S. The summed E-state index contributed by atoms with van der Waals surface area (Å²) < 4.78 is 33.7. The number of fused-ring (bicyclic) bond motifs is 1. The smallest absolute Gasteiger partial charge is 0.289 e. The van der Waals surface area contributed by atoms with E-state index in [0.29, 0.717) is 44.4 Å². The van der Waals surface area contributed by atoms with Crippen LogP contribution >= 0.6 is 11.6 Å². The maximum Gasteiger partial charge on any atom is 0.289 e. The summed E-state index contributed by atoms with van der Waals surface area (Å²) in [6.45, 7) is 2.63. The zero-order chi connectivity index (χ0) is 24.6. The minimum absolute atomic E-state index is 0.0653. The summed E-state index contributed by atoms with van der Waals surface area (Å²) in [7, 11) is -4.02. The first kappa shape index (κ1) is 23.6. The van der Waals surface area contributed by atoms with Gasteiger partial charge in [-0.25, -0.2) is 18.4 Å². The third-order valence-electron chi connectivity index (χ3n) is 6.10. The van der Waals surface area contributed by atoms with Gasteiger partial charge in [0.05, 0.1) is 28.7 Å². The van der Waals surface area contributed by atoms with E-state index in [-0.39, 0.29) is 23.0 Å². The van der Waals surface area contributed by atoms with Crippen LogP contribution in [-0.4, -0.2) is 60.5 Å². The average molecular weight is 516 g/mol. The van der Waals surface area contributed by atoms with Crippen molar-refractivity contribution in [3.63, 3.8) is 0 Å². The summed E-state index contributed by atoms with van der Waals surface area (Å²) in [4.78, 5) is 22.1. The molecule has 0 atom stereocenters. The van der Waals surface area contributed by atoms with Crippen molar-refractivity contribution in [3.05, 3.63) is 74.9 Å². The van der Waals surface area contributed by atoms with E-state index >= 15 is 0 Å². The Bertz CT molecular complexity index is 1380. The van der Waals surface area contributed by atoms with Gasteiger partial charge in [-0.2, -0.15) is 4.31 Å². The van der Waals surface area contributed by atoms with Crippen LogP contribution in [0.3, 0.4) is 0 Å². The largest absolute Gasteiger partial charge is 0.378 e. The Hall–Kier alpha value is -3.12. The molecular weight excluding hydrogens is 494 g/mol. The number of benzene rings is 2. The molecule has 3 heterocycles. The van der Waals surface area contributed by atoms with Crippen molar-refractivity contribution < 1.29 is 18.1 Å². The maximum atomic E-state index is 13.4. The van der Waals surface area contributed by atoms with Crippen LogP contribution in [0.4, 0.5) is 11.5 Å². The molecule has 0 N–H and O–H groups in total. The van der Waals surface area contributed by atoms with Crippen LogP contribution in [0.15, 0.2) is 53.4 Å². The third kappa shape index (κ3) is 4.59. The zero-order valence-corrected chi connectivity index (χ0v) is 20.2. The molecule has 1 aromatic heterocycles. The molecule has 2 aromatic carbocycles. The Morgan fingerprint density at radius 3 is 2.49 bits per heavy atom. The van der Waals surface area contributed by atoms with Gasteiger partial charge in [-0.1, -0.05) is 41.9 Å². The molecule has 0 spiro atoms. The molecule has 0 bridgehead atoms. The number of nitrogens with zero attached hydrogens (tertiary/aromatic N) is 5. The van der Waals surface area contributed by atoms with Crippen LogP contribution in [0, 0.1) is 10.1 Å². The summed E-state index contributed by atoms with van der Waals surface area (Å²) in [5.41, 5.74) is 1.97. The van der Waals surface area contributed by atoms with E-state index in [0.717, 1.165) is 22.9 Å². The summed E-state index contributed by atoms with van der Waals surface area (Å²) in [6, 6.07) is 13.2. The Balaban J connectivity index is 1.55. The molecule has 182 valence electrons. The first-order valence-corrected chi connectivity index (χ1v) is 12.9. The first-order chi connectivity index (χ1) is 16.8. The predicted molar refractivity (Wildman–Crippen MR) is 130 cm³/mol. The number of hydrogen-bond donors (Lipinski definition) is 0. The van der Waals surface area contributed by atoms with Gasteiger partial charge in [-0.05, 0) is 12.1 Å². The topological polar surface area (TPSA) is 119 Å². The summed E-state index contributed by atoms with van der Waals surface area (Å²) in [5.74, 6) is 1.29. The van der Waals surface area contributed by atoms with E-state index < -0.39 is 20.6 Å². The van der Waals surface area contributed by atoms with Gasteiger partial charge in [0.1, 0.15) is 10.8 Å². The van der Waals surface area contributed by atoms with E-state index in [4.69, 9.17) is 26.3 Å². The highest BCUT2D eigenvalue weighted by molar-refractivity contribution is 7.89. The molecule has 12 heteroatoms. The molecule has 0 saturated carbocycles. The second kappa shape index (κ2) is 9.50. The predicted octanol–water partition coefficient (Wildman–Crippen LogP) is 3.29. The van der Waals surface area contributed by atoms with Crippen molar-refractivity contribution in [3.8, 4) is 11.4 Å². The van der Waals surface area contributed by atoms with Gasteiger partial charge >= 0.3 is 0 Å². The lowest BCUT2D eigenvalue weighted by atomic mass is 10.1. The Morgan fingerprint density at radius 2 is 1.77 bits per heavy atom. The number of nitro benzene ring substituents is 1. The van der Waals surface area contributed by atoms with E-state index in [9.17, 15) is 18.5 Å². The lowest BCUT2D eigenvalue weighted by Gasteiger charge is -2.34.